The molecule has 3 heterocycles. The summed E-state index contributed by atoms with van der Waals surface area (Å²) >= 11 is 0. The van der Waals surface area contributed by atoms with E-state index < -0.39 is 5.97 Å². The van der Waals surface area contributed by atoms with Gasteiger partial charge in [-0.1, -0.05) is 0 Å². The summed E-state index contributed by atoms with van der Waals surface area (Å²) in [5, 5.41) is 7.53. The first kappa shape index (κ1) is 15.8. The lowest BCUT2D eigenvalue weighted by atomic mass is 10.3. The zero-order valence-corrected chi connectivity index (χ0v) is 13.4. The summed E-state index contributed by atoms with van der Waals surface area (Å²) in [5.41, 5.74) is 0.264. The van der Waals surface area contributed by atoms with Gasteiger partial charge in [-0.2, -0.15) is 9.50 Å². The number of hydrogen-bond donors (Lipinski definition) is 1. The molecule has 0 bridgehead atoms. The zero-order chi connectivity index (χ0) is 16.9. The molecular formula is C15H17N7O2. The molecule has 0 aliphatic heterocycles. The fourth-order valence-corrected chi connectivity index (χ4v) is 2.17. The number of carbonyl (C=O) groups excluding carboxylic acids is 1. The van der Waals surface area contributed by atoms with Crippen LogP contribution >= 0.6 is 0 Å². The predicted octanol–water partition coefficient (Wildman–Crippen LogP) is 1.05. The Bertz CT molecular complexity index is 862. The molecule has 0 atom stereocenters. The lowest BCUT2D eigenvalue weighted by Gasteiger charge is -2.07. The number of rotatable bonds is 6. The summed E-state index contributed by atoms with van der Waals surface area (Å²) in [7, 11) is 0. The van der Waals surface area contributed by atoms with E-state index in [9.17, 15) is 4.79 Å². The molecule has 0 aliphatic rings. The van der Waals surface area contributed by atoms with E-state index in [4.69, 9.17) is 4.74 Å². The molecule has 0 aromatic carbocycles. The van der Waals surface area contributed by atoms with Crippen LogP contribution in [0.1, 0.15) is 29.1 Å². The van der Waals surface area contributed by atoms with E-state index in [1.165, 1.54) is 0 Å². The third kappa shape index (κ3) is 3.45. The Hall–Kier alpha value is -3.10. The van der Waals surface area contributed by atoms with Crippen LogP contribution < -0.4 is 5.32 Å². The number of esters is 1. The van der Waals surface area contributed by atoms with Crippen molar-refractivity contribution >= 4 is 17.6 Å². The number of aryl methyl sites for hydroxylation is 1. The lowest BCUT2D eigenvalue weighted by molar-refractivity contribution is 0.0519. The maximum atomic E-state index is 11.7. The molecule has 0 unspecified atom stereocenters. The molecule has 0 saturated heterocycles. The average molecular weight is 327 g/mol. The van der Waals surface area contributed by atoms with E-state index in [-0.39, 0.29) is 5.69 Å². The molecule has 3 aromatic heterocycles. The van der Waals surface area contributed by atoms with Gasteiger partial charge >= 0.3 is 5.97 Å². The van der Waals surface area contributed by atoms with Crippen LogP contribution in [0.15, 0.2) is 24.5 Å². The van der Waals surface area contributed by atoms with Gasteiger partial charge in [0, 0.05) is 25.4 Å². The number of nitrogens with one attached hydrogen (secondary N) is 1. The van der Waals surface area contributed by atoms with E-state index in [1.54, 1.807) is 29.9 Å². The molecule has 124 valence electrons. The fraction of sp³-hybridized carbons (Fsp3) is 0.333. The summed E-state index contributed by atoms with van der Waals surface area (Å²) in [6.07, 6.45) is 3.77. The molecule has 9 heteroatoms. The minimum Gasteiger partial charge on any atom is -0.461 e. The molecule has 0 radical (unpaired) electrons. The highest BCUT2D eigenvalue weighted by molar-refractivity contribution is 5.87. The van der Waals surface area contributed by atoms with Crippen LogP contribution in [0.2, 0.25) is 0 Å². The Morgan fingerprint density at radius 2 is 2.08 bits per heavy atom. The molecule has 1 N–H and O–H groups in total. The normalized spacial score (nSPS) is 10.8. The van der Waals surface area contributed by atoms with Crippen molar-refractivity contribution in [2.75, 3.05) is 18.5 Å². The van der Waals surface area contributed by atoms with E-state index in [1.807, 2.05) is 13.0 Å². The lowest BCUT2D eigenvalue weighted by Crippen LogP contribution is -2.13. The Labute approximate surface area is 138 Å². The smallest absolute Gasteiger partial charge is 0.357 e. The van der Waals surface area contributed by atoms with Crippen LogP contribution in [0.3, 0.4) is 0 Å². The second kappa shape index (κ2) is 6.99. The van der Waals surface area contributed by atoms with Gasteiger partial charge in [-0.05, 0) is 26.0 Å². The maximum Gasteiger partial charge on any atom is 0.357 e. The first-order valence-electron chi connectivity index (χ1n) is 7.58. The molecule has 0 spiro atoms. The van der Waals surface area contributed by atoms with Crippen molar-refractivity contribution in [3.05, 3.63) is 41.9 Å². The minimum absolute atomic E-state index is 0.264. The van der Waals surface area contributed by atoms with Crippen LogP contribution in [0.5, 0.6) is 0 Å². The molecule has 0 fully saturated rings. The first-order chi connectivity index (χ1) is 11.7. The van der Waals surface area contributed by atoms with Gasteiger partial charge in [-0.25, -0.2) is 19.7 Å². The molecule has 3 rings (SSSR count). The van der Waals surface area contributed by atoms with Gasteiger partial charge in [0.2, 0.25) is 0 Å². The second-order valence-electron chi connectivity index (χ2n) is 4.96. The standard InChI is InChI=1S/C15H17N7O2/c1-3-24-14(23)11-4-7-16-12(20-11)5-8-17-13-6-9-18-15-19-10(2)21-22(13)15/h4,6-7,9,17H,3,5,8H2,1-2H3. The maximum absolute atomic E-state index is 11.7. The third-order valence-electron chi connectivity index (χ3n) is 3.19. The number of hydrogen-bond acceptors (Lipinski definition) is 8. The highest BCUT2D eigenvalue weighted by atomic mass is 16.5. The van der Waals surface area contributed by atoms with Gasteiger partial charge in [-0.3, -0.25) is 0 Å². The van der Waals surface area contributed by atoms with Crippen molar-refractivity contribution < 1.29 is 9.53 Å². The van der Waals surface area contributed by atoms with E-state index >= 15 is 0 Å². The summed E-state index contributed by atoms with van der Waals surface area (Å²) in [6, 6.07) is 3.36. The average Bonchev–Trinajstić information content (AvgIpc) is 2.96. The topological polar surface area (TPSA) is 107 Å². The van der Waals surface area contributed by atoms with Gasteiger partial charge in [0.05, 0.1) is 6.61 Å². The summed E-state index contributed by atoms with van der Waals surface area (Å²) in [6.45, 7) is 4.46. The molecule has 0 amide bonds. The SMILES string of the molecule is CCOC(=O)c1ccnc(CCNc2ccnc3nc(C)nn23)n1. The van der Waals surface area contributed by atoms with Crippen LogP contribution in [0.25, 0.3) is 5.78 Å². The third-order valence-corrected chi connectivity index (χ3v) is 3.19. The van der Waals surface area contributed by atoms with Crippen molar-refractivity contribution in [1.29, 1.82) is 0 Å². The van der Waals surface area contributed by atoms with Crippen molar-refractivity contribution in [3.8, 4) is 0 Å². The Morgan fingerprint density at radius 3 is 2.92 bits per heavy atom. The molecule has 0 aliphatic carbocycles. The monoisotopic (exact) mass is 327 g/mol. The Balaban J connectivity index is 1.66. The van der Waals surface area contributed by atoms with Gasteiger partial charge in [0.1, 0.15) is 17.5 Å². The van der Waals surface area contributed by atoms with Gasteiger partial charge in [0.15, 0.2) is 5.69 Å². The van der Waals surface area contributed by atoms with Crippen molar-refractivity contribution in [2.45, 2.75) is 20.3 Å². The van der Waals surface area contributed by atoms with Crippen LogP contribution in [0, 0.1) is 6.92 Å². The first-order valence-corrected chi connectivity index (χ1v) is 7.58. The van der Waals surface area contributed by atoms with Gasteiger partial charge < -0.3 is 10.1 Å². The Morgan fingerprint density at radius 1 is 1.25 bits per heavy atom. The van der Waals surface area contributed by atoms with Crippen molar-refractivity contribution in [2.24, 2.45) is 0 Å². The minimum atomic E-state index is -0.442. The molecule has 3 aromatic rings. The largest absolute Gasteiger partial charge is 0.461 e. The summed E-state index contributed by atoms with van der Waals surface area (Å²) in [5.74, 6) is 2.10. The van der Waals surface area contributed by atoms with Crippen LogP contribution in [-0.2, 0) is 11.2 Å². The van der Waals surface area contributed by atoms with E-state index in [0.29, 0.717) is 37.0 Å². The molecule has 9 nitrogen and oxygen atoms in total. The van der Waals surface area contributed by atoms with E-state index in [2.05, 4.69) is 30.4 Å². The van der Waals surface area contributed by atoms with Crippen molar-refractivity contribution in [3.63, 3.8) is 0 Å². The molecule has 0 saturated carbocycles. The second-order valence-corrected chi connectivity index (χ2v) is 4.96. The molecular weight excluding hydrogens is 310 g/mol. The number of anilines is 1. The van der Waals surface area contributed by atoms with Crippen molar-refractivity contribution in [1.82, 2.24) is 29.5 Å². The Kier molecular flexibility index (Phi) is 4.59. The number of fused-ring (bicyclic) bond motifs is 1. The fourth-order valence-electron chi connectivity index (χ4n) is 2.17. The van der Waals surface area contributed by atoms with Gasteiger partial charge in [0.25, 0.3) is 5.78 Å². The summed E-state index contributed by atoms with van der Waals surface area (Å²) in [4.78, 5) is 28.4. The van der Waals surface area contributed by atoms with Crippen LogP contribution in [0.4, 0.5) is 5.82 Å². The van der Waals surface area contributed by atoms with Gasteiger partial charge in [-0.15, -0.1) is 5.10 Å². The summed E-state index contributed by atoms with van der Waals surface area (Å²) < 4.78 is 6.58. The predicted molar refractivity (Wildman–Crippen MR) is 85.7 cm³/mol. The number of carbonyl (C=O) groups is 1. The number of ether oxygens (including phenoxy) is 1. The van der Waals surface area contributed by atoms with Crippen LogP contribution in [-0.4, -0.2) is 48.7 Å². The quantitative estimate of drug-likeness (QED) is 0.670. The zero-order valence-electron chi connectivity index (χ0n) is 13.4. The highest BCUT2D eigenvalue weighted by Crippen LogP contribution is 2.08. The highest BCUT2D eigenvalue weighted by Gasteiger charge is 2.10. The van der Waals surface area contributed by atoms with E-state index in [0.717, 1.165) is 5.82 Å². The molecule has 24 heavy (non-hydrogen) atoms. The number of aromatic nitrogens is 6. The number of nitrogens with zero attached hydrogens (tertiary/aromatic N) is 6.